The van der Waals surface area contributed by atoms with Crippen LogP contribution in [0.2, 0.25) is 0 Å². The Balaban J connectivity index is 2.08. The van der Waals surface area contributed by atoms with Crippen LogP contribution in [-0.2, 0) is 9.53 Å². The molecule has 0 aromatic heterocycles. The summed E-state index contributed by atoms with van der Waals surface area (Å²) in [5.41, 5.74) is 8.17. The van der Waals surface area contributed by atoms with E-state index in [1.165, 1.54) is 0 Å². The van der Waals surface area contributed by atoms with Gasteiger partial charge in [0.25, 0.3) is 0 Å². The van der Waals surface area contributed by atoms with Gasteiger partial charge in [0.15, 0.2) is 0 Å². The van der Waals surface area contributed by atoms with E-state index in [9.17, 15) is 4.79 Å². The lowest BCUT2D eigenvalue weighted by Gasteiger charge is -2.12. The maximum Gasteiger partial charge on any atom is 0.229 e. The predicted octanol–water partition coefficient (Wildman–Crippen LogP) is 1.55. The number of hydrogen-bond donors (Lipinski definition) is 2. The van der Waals surface area contributed by atoms with E-state index in [0.717, 1.165) is 17.7 Å². The number of amides is 1. The summed E-state index contributed by atoms with van der Waals surface area (Å²) < 4.78 is 5.18. The van der Waals surface area contributed by atoms with Gasteiger partial charge in [-0.3, -0.25) is 4.79 Å². The Labute approximate surface area is 94.8 Å². The minimum atomic E-state index is -0.0270. The fourth-order valence-electron chi connectivity index (χ4n) is 1.77. The van der Waals surface area contributed by atoms with Crippen molar-refractivity contribution in [3.05, 3.63) is 23.8 Å². The Bertz CT molecular complexity index is 398. The maximum absolute atomic E-state index is 11.8. The molecule has 1 heterocycles. The molecule has 1 fully saturated rings. The van der Waals surface area contributed by atoms with E-state index < -0.39 is 0 Å². The van der Waals surface area contributed by atoms with Crippen molar-refractivity contribution in [3.8, 4) is 0 Å². The molecule has 1 aliphatic heterocycles. The van der Waals surface area contributed by atoms with Crippen LogP contribution in [0.25, 0.3) is 0 Å². The third-order valence-electron chi connectivity index (χ3n) is 2.93. The molecule has 1 aliphatic rings. The van der Waals surface area contributed by atoms with Crippen molar-refractivity contribution in [2.45, 2.75) is 13.3 Å². The van der Waals surface area contributed by atoms with Gasteiger partial charge in [-0.05, 0) is 31.0 Å². The molecule has 0 saturated carbocycles. The lowest BCUT2D eigenvalue weighted by Crippen LogP contribution is -2.23. The Hall–Kier alpha value is -1.55. The number of nitrogen functional groups attached to an aromatic ring is 1. The minimum absolute atomic E-state index is 0.0196. The molecule has 1 amide bonds. The van der Waals surface area contributed by atoms with E-state index in [4.69, 9.17) is 10.5 Å². The Kier molecular flexibility index (Phi) is 3.10. The summed E-state index contributed by atoms with van der Waals surface area (Å²) in [6, 6.07) is 5.52. The molecule has 1 atom stereocenters. The van der Waals surface area contributed by atoms with E-state index in [0.29, 0.717) is 18.9 Å². The highest BCUT2D eigenvalue weighted by molar-refractivity contribution is 5.94. The molecular formula is C12H16N2O2. The van der Waals surface area contributed by atoms with E-state index in [-0.39, 0.29) is 11.8 Å². The van der Waals surface area contributed by atoms with Crippen LogP contribution >= 0.6 is 0 Å². The molecule has 1 saturated heterocycles. The second kappa shape index (κ2) is 4.53. The molecule has 0 aliphatic carbocycles. The summed E-state index contributed by atoms with van der Waals surface area (Å²) in [6.07, 6.45) is 0.799. The Morgan fingerprint density at radius 3 is 3.06 bits per heavy atom. The second-order valence-electron chi connectivity index (χ2n) is 4.07. The first-order valence-electron chi connectivity index (χ1n) is 5.42. The predicted molar refractivity (Wildman–Crippen MR) is 63.1 cm³/mol. The number of nitrogens with one attached hydrogen (secondary N) is 1. The lowest BCUT2D eigenvalue weighted by atomic mass is 10.1. The molecule has 1 aromatic carbocycles. The average molecular weight is 220 g/mol. The number of carbonyl (C=O) groups excluding carboxylic acids is 1. The van der Waals surface area contributed by atoms with Gasteiger partial charge in [-0.1, -0.05) is 6.07 Å². The molecule has 3 N–H and O–H groups in total. The fraction of sp³-hybridized carbons (Fsp3) is 0.417. The van der Waals surface area contributed by atoms with Crippen LogP contribution in [0.5, 0.6) is 0 Å². The van der Waals surface area contributed by atoms with Gasteiger partial charge in [0.05, 0.1) is 12.5 Å². The van der Waals surface area contributed by atoms with Gasteiger partial charge in [-0.2, -0.15) is 0 Å². The number of rotatable bonds is 2. The molecule has 4 heteroatoms. The molecule has 0 bridgehead atoms. The van der Waals surface area contributed by atoms with Crippen molar-refractivity contribution in [2.75, 3.05) is 24.3 Å². The second-order valence-corrected chi connectivity index (χ2v) is 4.07. The van der Waals surface area contributed by atoms with Gasteiger partial charge < -0.3 is 15.8 Å². The van der Waals surface area contributed by atoms with Crippen LogP contribution < -0.4 is 11.1 Å². The van der Waals surface area contributed by atoms with Crippen molar-refractivity contribution in [3.63, 3.8) is 0 Å². The molecule has 2 rings (SSSR count). The molecule has 4 nitrogen and oxygen atoms in total. The van der Waals surface area contributed by atoms with Crippen molar-refractivity contribution in [1.29, 1.82) is 0 Å². The van der Waals surface area contributed by atoms with Gasteiger partial charge in [0.2, 0.25) is 5.91 Å². The largest absolute Gasteiger partial charge is 0.398 e. The number of nitrogens with two attached hydrogens (primary N) is 1. The van der Waals surface area contributed by atoms with Crippen LogP contribution in [-0.4, -0.2) is 19.1 Å². The van der Waals surface area contributed by atoms with Crippen LogP contribution in [0.15, 0.2) is 18.2 Å². The van der Waals surface area contributed by atoms with Crippen LogP contribution in [0.4, 0.5) is 11.4 Å². The highest BCUT2D eigenvalue weighted by atomic mass is 16.5. The van der Waals surface area contributed by atoms with E-state index >= 15 is 0 Å². The standard InChI is InChI=1S/C12H16N2O2/c1-8-10(13)3-2-4-11(8)14-12(15)9-5-6-16-7-9/h2-4,9H,5-7,13H2,1H3,(H,14,15). The van der Waals surface area contributed by atoms with Gasteiger partial charge in [0, 0.05) is 18.0 Å². The quantitative estimate of drug-likeness (QED) is 0.743. The van der Waals surface area contributed by atoms with Gasteiger partial charge in [0.1, 0.15) is 0 Å². The van der Waals surface area contributed by atoms with E-state index in [1.54, 1.807) is 0 Å². The number of carbonyl (C=O) groups is 1. The topological polar surface area (TPSA) is 64.3 Å². The summed E-state index contributed by atoms with van der Waals surface area (Å²) in [7, 11) is 0. The summed E-state index contributed by atoms with van der Waals surface area (Å²) in [5.74, 6) is -0.00738. The van der Waals surface area contributed by atoms with Gasteiger partial charge in [-0.15, -0.1) is 0 Å². The average Bonchev–Trinajstić information content (AvgIpc) is 2.78. The smallest absolute Gasteiger partial charge is 0.229 e. The highest BCUT2D eigenvalue weighted by Gasteiger charge is 2.23. The Morgan fingerprint density at radius 1 is 1.56 bits per heavy atom. The molecule has 86 valence electrons. The fourth-order valence-corrected chi connectivity index (χ4v) is 1.77. The number of benzene rings is 1. The van der Waals surface area contributed by atoms with Crippen molar-refractivity contribution in [2.24, 2.45) is 5.92 Å². The van der Waals surface area contributed by atoms with Crippen molar-refractivity contribution >= 4 is 17.3 Å². The van der Waals surface area contributed by atoms with Crippen LogP contribution in [0, 0.1) is 12.8 Å². The van der Waals surface area contributed by atoms with Crippen LogP contribution in [0.1, 0.15) is 12.0 Å². The van der Waals surface area contributed by atoms with E-state index in [1.807, 2.05) is 25.1 Å². The van der Waals surface area contributed by atoms with Gasteiger partial charge in [-0.25, -0.2) is 0 Å². The van der Waals surface area contributed by atoms with Gasteiger partial charge >= 0.3 is 0 Å². The lowest BCUT2D eigenvalue weighted by molar-refractivity contribution is -0.119. The first-order chi connectivity index (χ1) is 7.68. The third-order valence-corrected chi connectivity index (χ3v) is 2.93. The summed E-state index contributed by atoms with van der Waals surface area (Å²) in [4.78, 5) is 11.8. The Morgan fingerprint density at radius 2 is 2.38 bits per heavy atom. The van der Waals surface area contributed by atoms with E-state index in [2.05, 4.69) is 5.32 Å². The van der Waals surface area contributed by atoms with Crippen molar-refractivity contribution < 1.29 is 9.53 Å². The minimum Gasteiger partial charge on any atom is -0.398 e. The normalized spacial score (nSPS) is 19.7. The zero-order valence-electron chi connectivity index (χ0n) is 9.32. The zero-order chi connectivity index (χ0) is 11.5. The molecule has 16 heavy (non-hydrogen) atoms. The maximum atomic E-state index is 11.8. The third kappa shape index (κ3) is 2.17. The highest BCUT2D eigenvalue weighted by Crippen LogP contribution is 2.22. The number of ether oxygens (including phenoxy) is 1. The number of hydrogen-bond acceptors (Lipinski definition) is 3. The SMILES string of the molecule is Cc1c(N)cccc1NC(=O)C1CCOC1. The molecule has 1 unspecified atom stereocenters. The van der Waals surface area contributed by atoms with Crippen LogP contribution in [0.3, 0.4) is 0 Å². The number of anilines is 2. The monoisotopic (exact) mass is 220 g/mol. The zero-order valence-corrected chi connectivity index (χ0v) is 9.32. The molecular weight excluding hydrogens is 204 g/mol. The molecule has 0 radical (unpaired) electrons. The molecule has 0 spiro atoms. The van der Waals surface area contributed by atoms with Crippen molar-refractivity contribution in [1.82, 2.24) is 0 Å². The summed E-state index contributed by atoms with van der Waals surface area (Å²) in [5, 5.41) is 2.89. The summed E-state index contributed by atoms with van der Waals surface area (Å²) >= 11 is 0. The first kappa shape index (κ1) is 11.0. The summed E-state index contributed by atoms with van der Waals surface area (Å²) in [6.45, 7) is 3.09. The first-order valence-corrected chi connectivity index (χ1v) is 5.42. The molecule has 1 aromatic rings.